The van der Waals surface area contributed by atoms with Crippen molar-refractivity contribution >= 4 is 22.8 Å². The summed E-state index contributed by atoms with van der Waals surface area (Å²) in [5.74, 6) is -3.95. The zero-order valence-electron chi connectivity index (χ0n) is 16.5. The predicted octanol–water partition coefficient (Wildman–Crippen LogP) is 4.56. The number of amides is 1. The molecule has 2 N–H and O–H groups in total. The van der Waals surface area contributed by atoms with Gasteiger partial charge in [-0.3, -0.25) is 9.78 Å². The van der Waals surface area contributed by atoms with Gasteiger partial charge in [-0.1, -0.05) is 12.1 Å². The number of hydrogen-bond donors (Lipinski definition) is 2. The predicted molar refractivity (Wildman–Crippen MR) is 107 cm³/mol. The standard InChI is InChI=1S/C23H20F2N2O3/c1-11-7-12(2)20-15(10-18(13-3-4-13)26-19(20)8-11)22(28)27-21(23(29)30)14-5-6-16(24)17(25)9-14/h5-10,13,21H,3-4H2,1-2H3,(H,27,28)(H,29,30). The van der Waals surface area contributed by atoms with Crippen LogP contribution < -0.4 is 5.32 Å². The monoisotopic (exact) mass is 410 g/mol. The number of aryl methyl sites for hydroxylation is 2. The third kappa shape index (κ3) is 3.75. The highest BCUT2D eigenvalue weighted by Crippen LogP contribution is 2.40. The lowest BCUT2D eigenvalue weighted by atomic mass is 9.98. The van der Waals surface area contributed by atoms with Gasteiger partial charge >= 0.3 is 5.97 Å². The Bertz CT molecular complexity index is 1190. The molecule has 4 rings (SSSR count). The molecule has 0 aliphatic heterocycles. The molecule has 5 nitrogen and oxygen atoms in total. The minimum absolute atomic E-state index is 0.0527. The van der Waals surface area contributed by atoms with Gasteiger partial charge in [-0.15, -0.1) is 0 Å². The lowest BCUT2D eigenvalue weighted by molar-refractivity contribution is -0.139. The molecule has 0 spiro atoms. The van der Waals surface area contributed by atoms with Crippen LogP contribution >= 0.6 is 0 Å². The second-order valence-corrected chi connectivity index (χ2v) is 7.76. The van der Waals surface area contributed by atoms with Crippen LogP contribution in [0.2, 0.25) is 0 Å². The van der Waals surface area contributed by atoms with Crippen LogP contribution in [0, 0.1) is 25.5 Å². The maximum atomic E-state index is 13.6. The van der Waals surface area contributed by atoms with E-state index in [2.05, 4.69) is 5.32 Å². The number of pyridine rings is 1. The van der Waals surface area contributed by atoms with Crippen molar-refractivity contribution in [1.82, 2.24) is 10.3 Å². The number of carbonyl (C=O) groups is 2. The highest BCUT2D eigenvalue weighted by Gasteiger charge is 2.29. The summed E-state index contributed by atoms with van der Waals surface area (Å²) >= 11 is 0. The Balaban J connectivity index is 1.77. The molecule has 0 saturated heterocycles. The number of aliphatic carboxylic acids is 1. The molecule has 1 saturated carbocycles. The van der Waals surface area contributed by atoms with E-state index >= 15 is 0 Å². The fourth-order valence-corrected chi connectivity index (χ4v) is 3.73. The van der Waals surface area contributed by atoms with E-state index in [0.717, 1.165) is 47.9 Å². The van der Waals surface area contributed by atoms with Gasteiger partial charge in [-0.25, -0.2) is 13.6 Å². The number of benzene rings is 2. The van der Waals surface area contributed by atoms with E-state index in [1.165, 1.54) is 0 Å². The van der Waals surface area contributed by atoms with Crippen molar-refractivity contribution < 1.29 is 23.5 Å². The van der Waals surface area contributed by atoms with Crippen molar-refractivity contribution in [2.45, 2.75) is 38.6 Å². The number of carboxylic acid groups (broad SMARTS) is 1. The lowest BCUT2D eigenvalue weighted by Crippen LogP contribution is -2.34. The summed E-state index contributed by atoms with van der Waals surface area (Å²) in [6, 6.07) is 6.78. The number of fused-ring (bicyclic) bond motifs is 1. The molecule has 1 amide bonds. The topological polar surface area (TPSA) is 79.3 Å². The second kappa shape index (κ2) is 7.48. The van der Waals surface area contributed by atoms with E-state index in [4.69, 9.17) is 4.98 Å². The first-order valence-electron chi connectivity index (χ1n) is 9.65. The molecule has 154 valence electrons. The highest BCUT2D eigenvalue weighted by molar-refractivity contribution is 6.08. The molecule has 1 atom stereocenters. The number of halogens is 2. The quantitative estimate of drug-likeness (QED) is 0.646. The Labute approximate surface area is 171 Å². The van der Waals surface area contributed by atoms with Crippen molar-refractivity contribution in [3.8, 4) is 0 Å². The molecule has 1 unspecified atom stereocenters. The van der Waals surface area contributed by atoms with Gasteiger partial charge in [0.1, 0.15) is 0 Å². The van der Waals surface area contributed by atoms with Gasteiger partial charge in [0.25, 0.3) is 5.91 Å². The zero-order chi connectivity index (χ0) is 21.6. The van der Waals surface area contributed by atoms with Crippen molar-refractivity contribution in [3.05, 3.63) is 76.0 Å². The van der Waals surface area contributed by atoms with Gasteiger partial charge in [0.15, 0.2) is 17.7 Å². The SMILES string of the molecule is Cc1cc(C)c2c(C(=O)NC(C(=O)O)c3ccc(F)c(F)c3)cc(C3CC3)nc2c1. The number of aromatic nitrogens is 1. The van der Waals surface area contributed by atoms with Crippen LogP contribution in [0.25, 0.3) is 10.9 Å². The molecule has 1 aliphatic rings. The van der Waals surface area contributed by atoms with Gasteiger partial charge in [0.2, 0.25) is 0 Å². The van der Waals surface area contributed by atoms with Gasteiger partial charge in [0, 0.05) is 17.0 Å². The Morgan fingerprint density at radius 3 is 2.47 bits per heavy atom. The Hall–Kier alpha value is -3.35. The van der Waals surface area contributed by atoms with Gasteiger partial charge in [-0.05, 0) is 67.6 Å². The molecule has 0 radical (unpaired) electrons. The van der Waals surface area contributed by atoms with E-state index in [1.54, 1.807) is 6.07 Å². The van der Waals surface area contributed by atoms with E-state index < -0.39 is 29.6 Å². The van der Waals surface area contributed by atoms with Crippen LogP contribution in [-0.4, -0.2) is 22.0 Å². The van der Waals surface area contributed by atoms with E-state index in [-0.39, 0.29) is 5.56 Å². The van der Waals surface area contributed by atoms with E-state index in [9.17, 15) is 23.5 Å². The van der Waals surface area contributed by atoms with Crippen LogP contribution in [0.5, 0.6) is 0 Å². The summed E-state index contributed by atoms with van der Waals surface area (Å²) < 4.78 is 26.9. The molecule has 1 aromatic heterocycles. The van der Waals surface area contributed by atoms with Gasteiger partial charge in [0.05, 0.1) is 11.1 Å². The maximum Gasteiger partial charge on any atom is 0.330 e. The Kier molecular flexibility index (Phi) is 4.97. The summed E-state index contributed by atoms with van der Waals surface area (Å²) in [4.78, 5) is 29.6. The van der Waals surface area contributed by atoms with Crippen molar-refractivity contribution in [2.24, 2.45) is 0 Å². The van der Waals surface area contributed by atoms with Gasteiger partial charge < -0.3 is 10.4 Å². The molecule has 1 fully saturated rings. The van der Waals surface area contributed by atoms with Gasteiger partial charge in [-0.2, -0.15) is 0 Å². The number of rotatable bonds is 5. The summed E-state index contributed by atoms with van der Waals surface area (Å²) in [6.45, 7) is 3.82. The first kappa shape index (κ1) is 19.9. The summed E-state index contributed by atoms with van der Waals surface area (Å²) in [6.07, 6.45) is 1.99. The number of hydrogen-bond acceptors (Lipinski definition) is 3. The van der Waals surface area contributed by atoms with Crippen LogP contribution in [0.1, 0.15) is 57.5 Å². The molecular weight excluding hydrogens is 390 g/mol. The van der Waals surface area contributed by atoms with Crippen molar-refractivity contribution in [2.75, 3.05) is 0 Å². The number of carbonyl (C=O) groups excluding carboxylic acids is 1. The van der Waals surface area contributed by atoms with Crippen LogP contribution in [0.15, 0.2) is 36.4 Å². The minimum atomic E-state index is -1.52. The lowest BCUT2D eigenvalue weighted by Gasteiger charge is -2.17. The maximum absolute atomic E-state index is 13.6. The van der Waals surface area contributed by atoms with E-state index in [1.807, 2.05) is 26.0 Å². The zero-order valence-corrected chi connectivity index (χ0v) is 16.5. The Morgan fingerprint density at radius 2 is 1.83 bits per heavy atom. The average molecular weight is 410 g/mol. The average Bonchev–Trinajstić information content (AvgIpc) is 3.52. The molecule has 2 aromatic carbocycles. The summed E-state index contributed by atoms with van der Waals surface area (Å²) in [5.41, 5.74) is 3.62. The Morgan fingerprint density at radius 1 is 1.10 bits per heavy atom. The molecule has 7 heteroatoms. The summed E-state index contributed by atoms with van der Waals surface area (Å²) in [7, 11) is 0. The van der Waals surface area contributed by atoms with Crippen LogP contribution in [0.4, 0.5) is 8.78 Å². The molecule has 3 aromatic rings. The molecule has 1 aliphatic carbocycles. The normalized spacial score (nSPS) is 14.5. The fraction of sp³-hybridized carbons (Fsp3) is 0.261. The summed E-state index contributed by atoms with van der Waals surface area (Å²) in [5, 5.41) is 12.7. The second-order valence-electron chi connectivity index (χ2n) is 7.76. The van der Waals surface area contributed by atoms with Crippen molar-refractivity contribution in [1.29, 1.82) is 0 Å². The molecular formula is C23H20F2N2O3. The van der Waals surface area contributed by atoms with Crippen LogP contribution in [0.3, 0.4) is 0 Å². The fourth-order valence-electron chi connectivity index (χ4n) is 3.73. The molecule has 0 bridgehead atoms. The van der Waals surface area contributed by atoms with Crippen molar-refractivity contribution in [3.63, 3.8) is 0 Å². The van der Waals surface area contributed by atoms with E-state index in [0.29, 0.717) is 22.4 Å². The number of nitrogens with one attached hydrogen (secondary N) is 1. The largest absolute Gasteiger partial charge is 0.479 e. The first-order valence-corrected chi connectivity index (χ1v) is 9.65. The first-order chi connectivity index (χ1) is 14.2. The third-order valence-corrected chi connectivity index (χ3v) is 5.31. The van der Waals surface area contributed by atoms with Crippen LogP contribution in [-0.2, 0) is 4.79 Å². The highest BCUT2D eigenvalue weighted by atomic mass is 19.2. The molecule has 1 heterocycles. The third-order valence-electron chi connectivity index (χ3n) is 5.31. The molecule has 30 heavy (non-hydrogen) atoms. The number of nitrogens with zero attached hydrogens (tertiary/aromatic N) is 1. The minimum Gasteiger partial charge on any atom is -0.479 e. The number of carboxylic acids is 1. The smallest absolute Gasteiger partial charge is 0.330 e.